The highest BCUT2D eigenvalue weighted by atomic mass is 35.5. The van der Waals surface area contributed by atoms with Gasteiger partial charge in [0.05, 0.1) is 22.7 Å². The Morgan fingerprint density at radius 2 is 2.00 bits per heavy atom. The van der Waals surface area contributed by atoms with Crippen LogP contribution in [0.5, 0.6) is 0 Å². The van der Waals surface area contributed by atoms with Crippen LogP contribution in [0, 0.1) is 5.82 Å². The van der Waals surface area contributed by atoms with Crippen molar-refractivity contribution in [1.29, 1.82) is 0 Å². The Labute approximate surface area is 151 Å². The molecule has 0 bridgehead atoms. The molecule has 1 amide bonds. The number of anilines is 1. The van der Waals surface area contributed by atoms with E-state index in [0.29, 0.717) is 21.3 Å². The van der Waals surface area contributed by atoms with Crippen LogP contribution in [0.15, 0.2) is 40.8 Å². The third-order valence-corrected chi connectivity index (χ3v) is 3.85. The summed E-state index contributed by atoms with van der Waals surface area (Å²) in [4.78, 5) is 11.2. The molecule has 0 aliphatic rings. The molecule has 3 N–H and O–H groups in total. The van der Waals surface area contributed by atoms with Crippen LogP contribution in [0.3, 0.4) is 0 Å². The summed E-state index contributed by atoms with van der Waals surface area (Å²) in [7, 11) is 0. The van der Waals surface area contributed by atoms with Crippen LogP contribution in [0.2, 0.25) is 10.0 Å². The molecule has 0 atom stereocenters. The van der Waals surface area contributed by atoms with E-state index in [9.17, 15) is 9.18 Å². The molecular formula is C16H11Cl2FN4O2. The Balaban J connectivity index is 1.74. The van der Waals surface area contributed by atoms with E-state index in [2.05, 4.69) is 15.5 Å². The zero-order chi connectivity index (χ0) is 18.0. The van der Waals surface area contributed by atoms with Crippen LogP contribution in [0.1, 0.15) is 16.2 Å². The van der Waals surface area contributed by atoms with Crippen LogP contribution in [-0.2, 0) is 6.54 Å². The summed E-state index contributed by atoms with van der Waals surface area (Å²) in [6.07, 6.45) is 0. The van der Waals surface area contributed by atoms with E-state index in [1.165, 1.54) is 12.1 Å². The zero-order valence-electron chi connectivity index (χ0n) is 12.6. The Morgan fingerprint density at radius 1 is 1.20 bits per heavy atom. The molecule has 1 aromatic heterocycles. The van der Waals surface area contributed by atoms with Crippen LogP contribution < -0.4 is 11.1 Å². The SMILES string of the molecule is NC(=O)c1cc(NCc2nnc(-c3ccc(Cl)cc3Cl)o2)ccc1F. The fraction of sp³-hybridized carbons (Fsp3) is 0.0625. The van der Waals surface area contributed by atoms with Gasteiger partial charge in [-0.25, -0.2) is 4.39 Å². The van der Waals surface area contributed by atoms with Crippen LogP contribution in [0.25, 0.3) is 11.5 Å². The molecule has 9 heteroatoms. The van der Waals surface area contributed by atoms with Crippen molar-refractivity contribution in [3.05, 3.63) is 63.7 Å². The van der Waals surface area contributed by atoms with Gasteiger partial charge >= 0.3 is 0 Å². The second kappa shape index (κ2) is 7.08. The summed E-state index contributed by atoms with van der Waals surface area (Å²) in [6.45, 7) is 0.169. The molecule has 0 spiro atoms. The molecule has 0 saturated carbocycles. The third kappa shape index (κ3) is 3.89. The number of nitrogens with one attached hydrogen (secondary N) is 1. The maximum absolute atomic E-state index is 13.4. The number of benzene rings is 2. The number of primary amides is 1. The third-order valence-electron chi connectivity index (χ3n) is 3.30. The van der Waals surface area contributed by atoms with Gasteiger partial charge in [-0.15, -0.1) is 10.2 Å². The Bertz CT molecular complexity index is 946. The molecule has 0 unspecified atom stereocenters. The van der Waals surface area contributed by atoms with Crippen molar-refractivity contribution in [2.24, 2.45) is 5.73 Å². The van der Waals surface area contributed by atoms with Crippen LogP contribution in [0.4, 0.5) is 10.1 Å². The minimum absolute atomic E-state index is 0.169. The lowest BCUT2D eigenvalue weighted by Crippen LogP contribution is -2.13. The summed E-state index contributed by atoms with van der Waals surface area (Å²) in [5.74, 6) is -1.00. The number of carbonyl (C=O) groups excluding carboxylic acids is 1. The number of nitrogens with zero attached hydrogens (tertiary/aromatic N) is 2. The van der Waals surface area contributed by atoms with Gasteiger partial charge in [0.25, 0.3) is 5.91 Å². The predicted molar refractivity (Wildman–Crippen MR) is 92.0 cm³/mol. The van der Waals surface area contributed by atoms with E-state index in [0.717, 1.165) is 6.07 Å². The monoisotopic (exact) mass is 380 g/mol. The minimum Gasteiger partial charge on any atom is -0.419 e. The number of halogens is 3. The normalized spacial score (nSPS) is 10.7. The number of aromatic nitrogens is 2. The van der Waals surface area contributed by atoms with E-state index in [1.54, 1.807) is 18.2 Å². The molecular weight excluding hydrogens is 370 g/mol. The number of hydrogen-bond acceptors (Lipinski definition) is 5. The highest BCUT2D eigenvalue weighted by molar-refractivity contribution is 6.36. The van der Waals surface area contributed by atoms with Gasteiger partial charge in [-0.1, -0.05) is 23.2 Å². The van der Waals surface area contributed by atoms with Gasteiger partial charge in [-0.3, -0.25) is 4.79 Å². The smallest absolute Gasteiger partial charge is 0.251 e. The standard InChI is InChI=1S/C16H11Cl2FN4O2/c17-8-1-3-10(12(18)5-8)16-23-22-14(25-16)7-21-9-2-4-13(19)11(6-9)15(20)24/h1-6,21H,7H2,(H2,20,24). The fourth-order valence-corrected chi connectivity index (χ4v) is 2.59. The average Bonchev–Trinajstić information content (AvgIpc) is 3.02. The van der Waals surface area contributed by atoms with Crippen molar-refractivity contribution in [2.75, 3.05) is 5.32 Å². The zero-order valence-corrected chi connectivity index (χ0v) is 14.1. The first-order chi connectivity index (χ1) is 11.9. The van der Waals surface area contributed by atoms with Crippen molar-refractivity contribution < 1.29 is 13.6 Å². The number of hydrogen-bond donors (Lipinski definition) is 2. The minimum atomic E-state index is -0.849. The van der Waals surface area contributed by atoms with Gasteiger partial charge in [0.1, 0.15) is 5.82 Å². The molecule has 0 radical (unpaired) electrons. The van der Waals surface area contributed by atoms with E-state index < -0.39 is 11.7 Å². The number of carbonyl (C=O) groups is 1. The first-order valence-electron chi connectivity index (χ1n) is 7.05. The second-order valence-corrected chi connectivity index (χ2v) is 5.88. The molecule has 3 rings (SSSR count). The average molecular weight is 381 g/mol. The van der Waals surface area contributed by atoms with E-state index in [-0.39, 0.29) is 23.9 Å². The van der Waals surface area contributed by atoms with Gasteiger partial charge < -0.3 is 15.5 Å². The number of amides is 1. The van der Waals surface area contributed by atoms with Crippen molar-refractivity contribution in [2.45, 2.75) is 6.54 Å². The first kappa shape index (κ1) is 17.2. The summed E-state index contributed by atoms with van der Waals surface area (Å²) in [5.41, 5.74) is 5.95. The number of rotatable bonds is 5. The first-order valence-corrected chi connectivity index (χ1v) is 7.80. The van der Waals surface area contributed by atoms with Crippen molar-refractivity contribution in [3.63, 3.8) is 0 Å². The van der Waals surface area contributed by atoms with Gasteiger partial charge in [0, 0.05) is 10.7 Å². The Morgan fingerprint density at radius 3 is 2.72 bits per heavy atom. The Kier molecular flexibility index (Phi) is 4.87. The lowest BCUT2D eigenvalue weighted by molar-refractivity contribution is 0.0996. The quantitative estimate of drug-likeness (QED) is 0.699. The fourth-order valence-electron chi connectivity index (χ4n) is 2.10. The lowest BCUT2D eigenvalue weighted by Gasteiger charge is -2.05. The molecule has 2 aromatic carbocycles. The maximum atomic E-state index is 13.4. The highest BCUT2D eigenvalue weighted by Gasteiger charge is 2.13. The van der Waals surface area contributed by atoms with Gasteiger partial charge in [-0.05, 0) is 36.4 Å². The summed E-state index contributed by atoms with van der Waals surface area (Å²) >= 11 is 12.0. The molecule has 1 heterocycles. The summed E-state index contributed by atoms with van der Waals surface area (Å²) < 4.78 is 19.0. The molecule has 0 saturated heterocycles. The maximum Gasteiger partial charge on any atom is 0.251 e. The van der Waals surface area contributed by atoms with Gasteiger partial charge in [0.2, 0.25) is 11.8 Å². The van der Waals surface area contributed by atoms with Gasteiger partial charge in [0.15, 0.2) is 0 Å². The lowest BCUT2D eigenvalue weighted by atomic mass is 10.2. The van der Waals surface area contributed by atoms with Crippen molar-refractivity contribution in [1.82, 2.24) is 10.2 Å². The molecule has 3 aromatic rings. The predicted octanol–water partition coefficient (Wildman–Crippen LogP) is 3.89. The molecule has 0 fully saturated rings. The molecule has 6 nitrogen and oxygen atoms in total. The van der Waals surface area contributed by atoms with E-state index in [1.807, 2.05) is 0 Å². The molecule has 0 aliphatic carbocycles. The van der Waals surface area contributed by atoms with Crippen LogP contribution in [-0.4, -0.2) is 16.1 Å². The summed E-state index contributed by atoms with van der Waals surface area (Å²) in [6, 6.07) is 8.84. The number of nitrogens with two attached hydrogens (primary N) is 1. The molecule has 25 heavy (non-hydrogen) atoms. The van der Waals surface area contributed by atoms with E-state index >= 15 is 0 Å². The molecule has 0 aliphatic heterocycles. The van der Waals surface area contributed by atoms with Crippen LogP contribution >= 0.6 is 23.2 Å². The summed E-state index contributed by atoms with van der Waals surface area (Å²) in [5, 5.41) is 11.7. The second-order valence-electron chi connectivity index (χ2n) is 5.04. The molecule has 128 valence electrons. The van der Waals surface area contributed by atoms with Crippen molar-refractivity contribution in [3.8, 4) is 11.5 Å². The van der Waals surface area contributed by atoms with Crippen molar-refractivity contribution >= 4 is 34.8 Å². The topological polar surface area (TPSA) is 94.0 Å². The Hall–Kier alpha value is -2.64. The largest absolute Gasteiger partial charge is 0.419 e. The van der Waals surface area contributed by atoms with E-state index in [4.69, 9.17) is 33.4 Å². The highest BCUT2D eigenvalue weighted by Crippen LogP contribution is 2.29. The van der Waals surface area contributed by atoms with Gasteiger partial charge in [-0.2, -0.15) is 0 Å².